The highest BCUT2D eigenvalue weighted by Crippen LogP contribution is 2.38. The molecule has 2 aliphatic rings. The number of hydrogen-bond acceptors (Lipinski definition) is 6. The van der Waals surface area contributed by atoms with Crippen LogP contribution in [0.1, 0.15) is 12.8 Å². The van der Waals surface area contributed by atoms with Crippen molar-refractivity contribution in [2.75, 3.05) is 37.6 Å². The van der Waals surface area contributed by atoms with Crippen molar-refractivity contribution < 1.29 is 9.18 Å². The lowest BCUT2D eigenvalue weighted by Crippen LogP contribution is -2.50. The number of piperazine rings is 1. The SMILES string of the molecule is O=C(CN1CCN(c2ncnc3scc(-c4ccc(F)cc4)c23)CC1)NC1CC1. The summed E-state index contributed by atoms with van der Waals surface area (Å²) in [7, 11) is 0. The van der Waals surface area contributed by atoms with Gasteiger partial charge in [0.1, 0.15) is 22.8 Å². The Labute approximate surface area is 172 Å². The molecule has 0 bridgehead atoms. The Morgan fingerprint density at radius 2 is 1.90 bits per heavy atom. The number of rotatable bonds is 5. The van der Waals surface area contributed by atoms with Crippen LogP contribution in [0.4, 0.5) is 10.2 Å². The highest BCUT2D eigenvalue weighted by Gasteiger charge is 2.26. The fraction of sp³-hybridized carbons (Fsp3) is 0.381. The van der Waals surface area contributed by atoms with Crippen LogP contribution in [0.2, 0.25) is 0 Å². The van der Waals surface area contributed by atoms with E-state index in [1.807, 2.05) is 0 Å². The first kappa shape index (κ1) is 18.4. The number of hydrogen-bond donors (Lipinski definition) is 1. The highest BCUT2D eigenvalue weighted by atomic mass is 32.1. The van der Waals surface area contributed by atoms with E-state index in [2.05, 4.69) is 30.5 Å². The normalized spacial score (nSPS) is 17.6. The van der Waals surface area contributed by atoms with Crippen molar-refractivity contribution in [3.63, 3.8) is 0 Å². The molecule has 1 saturated carbocycles. The average molecular weight is 412 g/mol. The van der Waals surface area contributed by atoms with Crippen molar-refractivity contribution in [1.82, 2.24) is 20.2 Å². The molecular weight excluding hydrogens is 389 g/mol. The molecule has 1 N–H and O–H groups in total. The maximum Gasteiger partial charge on any atom is 0.234 e. The van der Waals surface area contributed by atoms with E-state index in [-0.39, 0.29) is 11.7 Å². The fourth-order valence-electron chi connectivity index (χ4n) is 3.76. The molecule has 150 valence electrons. The number of nitrogens with one attached hydrogen (secondary N) is 1. The summed E-state index contributed by atoms with van der Waals surface area (Å²) in [5.41, 5.74) is 2.00. The molecule has 1 amide bonds. The van der Waals surface area contributed by atoms with E-state index in [4.69, 9.17) is 0 Å². The number of fused-ring (bicyclic) bond motifs is 1. The van der Waals surface area contributed by atoms with Gasteiger partial charge in [-0.2, -0.15) is 0 Å². The second-order valence-corrected chi connectivity index (χ2v) is 8.50. The number of halogens is 1. The van der Waals surface area contributed by atoms with E-state index in [0.717, 1.165) is 66.2 Å². The standard InChI is InChI=1S/C21H22FN5OS/c22-15-3-1-14(2-4-15)17-12-29-21-19(17)20(23-13-24-21)27-9-7-26(8-10-27)11-18(28)25-16-5-6-16/h1-4,12-13,16H,5-11H2,(H,25,28). The topological polar surface area (TPSA) is 61.4 Å². The van der Waals surface area contributed by atoms with Crippen LogP contribution in [-0.2, 0) is 4.79 Å². The lowest BCUT2D eigenvalue weighted by Gasteiger charge is -2.35. The second kappa shape index (κ2) is 7.68. The molecule has 1 aliphatic carbocycles. The van der Waals surface area contributed by atoms with E-state index >= 15 is 0 Å². The summed E-state index contributed by atoms with van der Waals surface area (Å²) in [5.74, 6) is 0.797. The van der Waals surface area contributed by atoms with E-state index in [1.165, 1.54) is 12.1 Å². The first-order chi connectivity index (χ1) is 14.2. The predicted octanol–water partition coefficient (Wildman–Crippen LogP) is 2.90. The van der Waals surface area contributed by atoms with Crippen molar-refractivity contribution in [2.24, 2.45) is 0 Å². The van der Waals surface area contributed by atoms with Gasteiger partial charge in [0.2, 0.25) is 5.91 Å². The minimum absolute atomic E-state index is 0.127. The molecule has 3 aromatic rings. The minimum atomic E-state index is -0.244. The van der Waals surface area contributed by atoms with Gasteiger partial charge < -0.3 is 10.2 Å². The first-order valence-corrected chi connectivity index (χ1v) is 10.8. The van der Waals surface area contributed by atoms with Gasteiger partial charge in [0, 0.05) is 43.2 Å². The van der Waals surface area contributed by atoms with Crippen LogP contribution in [-0.4, -0.2) is 59.5 Å². The van der Waals surface area contributed by atoms with E-state index in [1.54, 1.807) is 29.8 Å². The lowest BCUT2D eigenvalue weighted by molar-refractivity contribution is -0.122. The summed E-state index contributed by atoms with van der Waals surface area (Å²) in [6.45, 7) is 3.71. The zero-order valence-electron chi connectivity index (χ0n) is 16.0. The van der Waals surface area contributed by atoms with Crippen LogP contribution in [0.5, 0.6) is 0 Å². The quantitative estimate of drug-likeness (QED) is 0.700. The second-order valence-electron chi connectivity index (χ2n) is 7.64. The number of amides is 1. The zero-order chi connectivity index (χ0) is 19.8. The third-order valence-corrected chi connectivity index (χ3v) is 6.37. The summed E-state index contributed by atoms with van der Waals surface area (Å²) >= 11 is 1.58. The fourth-order valence-corrected chi connectivity index (χ4v) is 4.67. The molecule has 8 heteroatoms. The van der Waals surface area contributed by atoms with Crippen LogP contribution in [0.15, 0.2) is 36.0 Å². The van der Waals surface area contributed by atoms with Gasteiger partial charge in [0.25, 0.3) is 0 Å². The number of carbonyl (C=O) groups excluding carboxylic acids is 1. The van der Waals surface area contributed by atoms with E-state index in [0.29, 0.717) is 12.6 Å². The molecule has 0 radical (unpaired) electrons. The number of thiophene rings is 1. The van der Waals surface area contributed by atoms with Crippen LogP contribution in [0, 0.1) is 5.82 Å². The zero-order valence-corrected chi connectivity index (χ0v) is 16.8. The number of nitrogens with zero attached hydrogens (tertiary/aromatic N) is 4. The summed E-state index contributed by atoms with van der Waals surface area (Å²) in [6.07, 6.45) is 3.83. The van der Waals surface area contributed by atoms with Gasteiger partial charge in [-0.05, 0) is 30.5 Å². The largest absolute Gasteiger partial charge is 0.353 e. The summed E-state index contributed by atoms with van der Waals surface area (Å²) in [4.78, 5) is 26.5. The van der Waals surface area contributed by atoms with Gasteiger partial charge in [-0.25, -0.2) is 14.4 Å². The number of anilines is 1. The molecule has 1 aromatic carbocycles. The molecule has 2 fully saturated rings. The van der Waals surface area contributed by atoms with Gasteiger partial charge in [0.05, 0.1) is 11.9 Å². The lowest BCUT2D eigenvalue weighted by atomic mass is 10.1. The van der Waals surface area contributed by atoms with E-state index < -0.39 is 0 Å². The Bertz CT molecular complexity index is 1030. The Morgan fingerprint density at radius 3 is 2.62 bits per heavy atom. The van der Waals surface area contributed by atoms with Gasteiger partial charge in [-0.3, -0.25) is 9.69 Å². The van der Waals surface area contributed by atoms with Crippen LogP contribution in [0.3, 0.4) is 0 Å². The third-order valence-electron chi connectivity index (χ3n) is 5.49. The van der Waals surface area contributed by atoms with Crippen molar-refractivity contribution in [3.8, 4) is 11.1 Å². The maximum absolute atomic E-state index is 13.3. The van der Waals surface area contributed by atoms with Gasteiger partial charge in [-0.1, -0.05) is 12.1 Å². The Hall–Kier alpha value is -2.58. The van der Waals surface area contributed by atoms with E-state index in [9.17, 15) is 9.18 Å². The van der Waals surface area contributed by atoms with Gasteiger partial charge in [0.15, 0.2) is 0 Å². The average Bonchev–Trinajstić information content (AvgIpc) is 3.44. The number of carbonyl (C=O) groups is 1. The number of benzene rings is 1. The van der Waals surface area contributed by atoms with Gasteiger partial charge in [-0.15, -0.1) is 11.3 Å². The highest BCUT2D eigenvalue weighted by molar-refractivity contribution is 7.17. The van der Waals surface area contributed by atoms with Crippen molar-refractivity contribution >= 4 is 33.3 Å². The molecule has 0 spiro atoms. The van der Waals surface area contributed by atoms with Crippen LogP contribution < -0.4 is 10.2 Å². The van der Waals surface area contributed by atoms with Crippen molar-refractivity contribution in [3.05, 3.63) is 41.8 Å². The molecule has 0 atom stereocenters. The van der Waals surface area contributed by atoms with Crippen molar-refractivity contribution in [1.29, 1.82) is 0 Å². The van der Waals surface area contributed by atoms with Crippen LogP contribution in [0.25, 0.3) is 21.3 Å². The van der Waals surface area contributed by atoms with Crippen LogP contribution >= 0.6 is 11.3 Å². The van der Waals surface area contributed by atoms with Gasteiger partial charge >= 0.3 is 0 Å². The Balaban J connectivity index is 1.34. The molecule has 5 rings (SSSR count). The third kappa shape index (κ3) is 3.95. The molecule has 3 heterocycles. The monoisotopic (exact) mass is 411 g/mol. The molecule has 2 aromatic heterocycles. The minimum Gasteiger partial charge on any atom is -0.353 e. The first-order valence-electron chi connectivity index (χ1n) is 9.92. The molecule has 6 nitrogen and oxygen atoms in total. The van der Waals surface area contributed by atoms with Crippen molar-refractivity contribution in [2.45, 2.75) is 18.9 Å². The molecule has 1 aliphatic heterocycles. The maximum atomic E-state index is 13.3. The predicted molar refractivity (Wildman–Crippen MR) is 113 cm³/mol. The summed E-state index contributed by atoms with van der Waals surface area (Å²) in [5, 5.41) is 6.14. The molecule has 1 saturated heterocycles. The molecule has 0 unspecified atom stereocenters. The summed E-state index contributed by atoms with van der Waals surface area (Å²) in [6, 6.07) is 6.96. The number of aromatic nitrogens is 2. The summed E-state index contributed by atoms with van der Waals surface area (Å²) < 4.78 is 13.3. The molecular formula is C21H22FN5OS. The Kier molecular flexibility index (Phi) is 4.89. The molecule has 29 heavy (non-hydrogen) atoms. The smallest absolute Gasteiger partial charge is 0.234 e. The Morgan fingerprint density at radius 1 is 1.14 bits per heavy atom.